The van der Waals surface area contributed by atoms with Crippen molar-refractivity contribution in [2.24, 2.45) is 0 Å². The predicted octanol–water partition coefficient (Wildman–Crippen LogP) is 0.810. The molecule has 0 N–H and O–H groups in total. The van der Waals surface area contributed by atoms with Gasteiger partial charge in [0.15, 0.2) is 0 Å². The summed E-state index contributed by atoms with van der Waals surface area (Å²) >= 11 is 0. The van der Waals surface area contributed by atoms with Crippen molar-refractivity contribution in [1.82, 2.24) is 4.98 Å². The molecule has 0 aliphatic rings. The standard InChI is InChI=1S/C11H12BNO/c1-7-6-8-4-3-5-13-10(8)9(12)11(7)14-2/h3-6H,12H2,1-2H3. The van der Waals surface area contributed by atoms with Gasteiger partial charge >= 0.3 is 0 Å². The van der Waals surface area contributed by atoms with E-state index < -0.39 is 0 Å². The van der Waals surface area contributed by atoms with Crippen LogP contribution in [-0.2, 0) is 0 Å². The zero-order valence-electron chi connectivity index (χ0n) is 8.66. The summed E-state index contributed by atoms with van der Waals surface area (Å²) in [6, 6.07) is 6.13. The van der Waals surface area contributed by atoms with Gasteiger partial charge in [0, 0.05) is 11.6 Å². The summed E-state index contributed by atoms with van der Waals surface area (Å²) < 4.78 is 5.34. The van der Waals surface area contributed by atoms with E-state index in [0.717, 1.165) is 22.3 Å². The van der Waals surface area contributed by atoms with Crippen LogP contribution in [0.2, 0.25) is 0 Å². The molecule has 0 saturated heterocycles. The SMILES string of the molecule is Bc1c(OC)c(C)cc2cccnc12. The molecular weight excluding hydrogens is 173 g/mol. The van der Waals surface area contributed by atoms with E-state index in [4.69, 9.17) is 4.74 Å². The van der Waals surface area contributed by atoms with E-state index in [0.29, 0.717) is 0 Å². The van der Waals surface area contributed by atoms with Crippen molar-refractivity contribution in [2.75, 3.05) is 7.11 Å². The fourth-order valence-corrected chi connectivity index (χ4v) is 1.86. The lowest BCUT2D eigenvalue weighted by atomic mass is 9.90. The lowest BCUT2D eigenvalue weighted by Gasteiger charge is -2.10. The molecule has 14 heavy (non-hydrogen) atoms. The number of benzene rings is 1. The number of hydrogen-bond acceptors (Lipinski definition) is 2. The number of hydrogen-bond donors (Lipinski definition) is 0. The van der Waals surface area contributed by atoms with Gasteiger partial charge < -0.3 is 4.74 Å². The van der Waals surface area contributed by atoms with Gasteiger partial charge in [-0.15, -0.1) is 0 Å². The maximum Gasteiger partial charge on any atom is 0.147 e. The summed E-state index contributed by atoms with van der Waals surface area (Å²) in [5.41, 5.74) is 3.29. The molecule has 0 radical (unpaired) electrons. The Kier molecular flexibility index (Phi) is 2.16. The third-order valence-corrected chi connectivity index (χ3v) is 2.47. The highest BCUT2D eigenvalue weighted by molar-refractivity contribution is 6.40. The molecule has 1 aromatic carbocycles. The van der Waals surface area contributed by atoms with Gasteiger partial charge in [0.2, 0.25) is 0 Å². The maximum atomic E-state index is 5.34. The molecule has 0 fully saturated rings. The minimum atomic E-state index is 0.941. The molecule has 3 heteroatoms. The molecule has 2 aromatic rings. The average molecular weight is 185 g/mol. The van der Waals surface area contributed by atoms with Crippen LogP contribution in [-0.4, -0.2) is 19.9 Å². The van der Waals surface area contributed by atoms with Gasteiger partial charge in [0.05, 0.1) is 12.6 Å². The molecular formula is C11H12BNO. The monoisotopic (exact) mass is 185 g/mol. The van der Waals surface area contributed by atoms with Crippen LogP contribution in [0, 0.1) is 6.92 Å². The third kappa shape index (κ3) is 1.25. The predicted molar refractivity (Wildman–Crippen MR) is 61.2 cm³/mol. The smallest absolute Gasteiger partial charge is 0.147 e. The quantitative estimate of drug-likeness (QED) is 0.613. The molecule has 0 unspecified atom stereocenters. The van der Waals surface area contributed by atoms with E-state index in [-0.39, 0.29) is 0 Å². The molecule has 0 amide bonds. The summed E-state index contributed by atoms with van der Waals surface area (Å²) in [7, 11) is 3.74. The molecule has 70 valence electrons. The van der Waals surface area contributed by atoms with Crippen molar-refractivity contribution in [3.8, 4) is 5.75 Å². The van der Waals surface area contributed by atoms with Gasteiger partial charge in [0.1, 0.15) is 13.6 Å². The lowest BCUT2D eigenvalue weighted by Crippen LogP contribution is -2.11. The second-order valence-electron chi connectivity index (χ2n) is 3.43. The van der Waals surface area contributed by atoms with Crippen LogP contribution in [0.3, 0.4) is 0 Å². The van der Waals surface area contributed by atoms with Crippen LogP contribution in [0.1, 0.15) is 5.56 Å². The molecule has 1 aromatic heterocycles. The highest BCUT2D eigenvalue weighted by atomic mass is 16.5. The Labute approximate surface area is 84.3 Å². The molecule has 2 rings (SSSR count). The molecule has 2 nitrogen and oxygen atoms in total. The first-order valence-corrected chi connectivity index (χ1v) is 4.63. The van der Waals surface area contributed by atoms with Crippen molar-refractivity contribution in [1.29, 1.82) is 0 Å². The number of nitrogens with zero attached hydrogens (tertiary/aromatic N) is 1. The van der Waals surface area contributed by atoms with Gasteiger partial charge in [-0.1, -0.05) is 6.07 Å². The molecule has 0 saturated carbocycles. The van der Waals surface area contributed by atoms with Gasteiger partial charge in [-0.25, -0.2) is 0 Å². The number of aryl methyl sites for hydroxylation is 1. The number of methoxy groups -OCH3 is 1. The van der Waals surface area contributed by atoms with E-state index in [1.165, 1.54) is 5.39 Å². The summed E-state index contributed by atoms with van der Waals surface area (Å²) in [5, 5.41) is 1.17. The Bertz CT molecular complexity index is 482. The second kappa shape index (κ2) is 3.33. The number of pyridine rings is 1. The molecule has 0 aliphatic heterocycles. The first-order valence-electron chi connectivity index (χ1n) is 4.63. The minimum absolute atomic E-state index is 0.941. The Morgan fingerprint density at radius 2 is 2.21 bits per heavy atom. The summed E-state index contributed by atoms with van der Waals surface area (Å²) in [5.74, 6) is 0.941. The van der Waals surface area contributed by atoms with Crippen LogP contribution in [0.25, 0.3) is 10.9 Å². The second-order valence-corrected chi connectivity index (χ2v) is 3.43. The van der Waals surface area contributed by atoms with Crippen LogP contribution >= 0.6 is 0 Å². The number of rotatable bonds is 1. The van der Waals surface area contributed by atoms with Gasteiger partial charge in [-0.2, -0.15) is 0 Å². The van der Waals surface area contributed by atoms with Gasteiger partial charge in [0.25, 0.3) is 0 Å². The van der Waals surface area contributed by atoms with Crippen molar-refractivity contribution in [3.63, 3.8) is 0 Å². The highest BCUT2D eigenvalue weighted by Crippen LogP contribution is 2.20. The summed E-state index contributed by atoms with van der Waals surface area (Å²) in [6.07, 6.45) is 1.81. The van der Waals surface area contributed by atoms with Gasteiger partial charge in [-0.05, 0) is 30.1 Å². The van der Waals surface area contributed by atoms with Crippen molar-refractivity contribution in [3.05, 3.63) is 30.0 Å². The maximum absolute atomic E-state index is 5.34. The van der Waals surface area contributed by atoms with E-state index in [2.05, 4.69) is 24.0 Å². The van der Waals surface area contributed by atoms with Crippen molar-refractivity contribution < 1.29 is 4.74 Å². The van der Waals surface area contributed by atoms with Crippen molar-refractivity contribution in [2.45, 2.75) is 6.92 Å². The Balaban J connectivity index is 2.86. The average Bonchev–Trinajstić information content (AvgIpc) is 2.18. The van der Waals surface area contributed by atoms with E-state index in [1.807, 2.05) is 20.1 Å². The Morgan fingerprint density at radius 1 is 1.43 bits per heavy atom. The number of ether oxygens (including phenoxy) is 1. The van der Waals surface area contributed by atoms with E-state index in [9.17, 15) is 0 Å². The zero-order chi connectivity index (χ0) is 10.1. The molecule has 0 atom stereocenters. The van der Waals surface area contributed by atoms with Crippen LogP contribution in [0.5, 0.6) is 5.75 Å². The molecule has 0 aliphatic carbocycles. The van der Waals surface area contributed by atoms with E-state index in [1.54, 1.807) is 7.11 Å². The van der Waals surface area contributed by atoms with E-state index >= 15 is 0 Å². The normalized spacial score (nSPS) is 10.4. The number of aromatic nitrogens is 1. The highest BCUT2D eigenvalue weighted by Gasteiger charge is 2.07. The molecule has 0 spiro atoms. The molecule has 0 bridgehead atoms. The fourth-order valence-electron chi connectivity index (χ4n) is 1.86. The van der Waals surface area contributed by atoms with Crippen LogP contribution in [0.15, 0.2) is 24.4 Å². The minimum Gasteiger partial charge on any atom is -0.497 e. The third-order valence-electron chi connectivity index (χ3n) is 2.47. The van der Waals surface area contributed by atoms with Crippen molar-refractivity contribution >= 4 is 24.2 Å². The first kappa shape index (κ1) is 9.07. The Hall–Kier alpha value is -1.51. The lowest BCUT2D eigenvalue weighted by molar-refractivity contribution is 0.415. The van der Waals surface area contributed by atoms with Gasteiger partial charge in [-0.3, -0.25) is 4.98 Å². The van der Waals surface area contributed by atoms with Crippen LogP contribution < -0.4 is 10.2 Å². The first-order chi connectivity index (χ1) is 6.74. The molecule has 1 heterocycles. The Morgan fingerprint density at radius 3 is 2.93 bits per heavy atom. The fraction of sp³-hybridized carbons (Fsp3) is 0.182. The largest absolute Gasteiger partial charge is 0.497 e. The zero-order valence-corrected chi connectivity index (χ0v) is 8.66. The van der Waals surface area contributed by atoms with Crippen LogP contribution in [0.4, 0.5) is 0 Å². The topological polar surface area (TPSA) is 22.1 Å². The summed E-state index contributed by atoms with van der Waals surface area (Å²) in [6.45, 7) is 2.05. The number of fused-ring (bicyclic) bond motifs is 1. The summed E-state index contributed by atoms with van der Waals surface area (Å²) in [4.78, 5) is 4.35.